The highest BCUT2D eigenvalue weighted by Gasteiger charge is 2.16. The molecule has 2 amide bonds. The molecule has 0 bridgehead atoms. The van der Waals surface area contributed by atoms with Crippen molar-refractivity contribution in [1.82, 2.24) is 15.2 Å². The van der Waals surface area contributed by atoms with Crippen molar-refractivity contribution >= 4 is 11.7 Å². The highest BCUT2D eigenvalue weighted by molar-refractivity contribution is 5.90. The molecule has 6 heteroatoms. The lowest BCUT2D eigenvalue weighted by Gasteiger charge is -2.23. The molecule has 1 heterocycles. The molecular weight excluding hydrogens is 316 g/mol. The Morgan fingerprint density at radius 3 is 2.52 bits per heavy atom. The first-order valence-electron chi connectivity index (χ1n) is 8.18. The predicted octanol–water partition coefficient (Wildman–Crippen LogP) is 3.13. The van der Waals surface area contributed by atoms with E-state index in [9.17, 15) is 4.79 Å². The fourth-order valence-corrected chi connectivity index (χ4v) is 2.52. The number of amides is 2. The fourth-order valence-electron chi connectivity index (χ4n) is 2.52. The Balaban J connectivity index is 2.12. The van der Waals surface area contributed by atoms with Gasteiger partial charge >= 0.3 is 6.03 Å². The number of nitrogens with one attached hydrogen (secondary N) is 2. The van der Waals surface area contributed by atoms with Crippen LogP contribution >= 0.6 is 0 Å². The number of ether oxygens (including phenoxy) is 1. The molecule has 0 saturated carbocycles. The van der Waals surface area contributed by atoms with Crippen molar-refractivity contribution in [1.29, 1.82) is 0 Å². The second-order valence-electron chi connectivity index (χ2n) is 6.33. The summed E-state index contributed by atoms with van der Waals surface area (Å²) in [5, 5.41) is 5.96. The Hall–Kier alpha value is -2.60. The van der Waals surface area contributed by atoms with Gasteiger partial charge in [-0.25, -0.2) is 4.79 Å². The smallest absolute Gasteiger partial charge is 0.319 e. The zero-order chi connectivity index (χ0) is 18.4. The minimum Gasteiger partial charge on any atom is -0.497 e. The molecule has 0 aliphatic heterocycles. The number of carbonyl (C=O) groups is 1. The van der Waals surface area contributed by atoms with E-state index in [2.05, 4.69) is 15.6 Å². The molecule has 134 valence electrons. The van der Waals surface area contributed by atoms with Crippen molar-refractivity contribution in [3.8, 4) is 5.75 Å². The van der Waals surface area contributed by atoms with Crippen LogP contribution in [-0.4, -0.2) is 43.7 Å². The highest BCUT2D eigenvalue weighted by Crippen LogP contribution is 2.19. The Morgan fingerprint density at radius 1 is 1.24 bits per heavy atom. The van der Waals surface area contributed by atoms with Crippen molar-refractivity contribution < 1.29 is 9.53 Å². The molecule has 1 atom stereocenters. The van der Waals surface area contributed by atoms with Crippen LogP contribution in [0.25, 0.3) is 0 Å². The third-order valence-corrected chi connectivity index (χ3v) is 3.86. The van der Waals surface area contributed by atoms with Crippen molar-refractivity contribution in [2.24, 2.45) is 0 Å². The molecule has 0 aliphatic carbocycles. The fraction of sp³-hybridized carbons (Fsp3) is 0.368. The van der Waals surface area contributed by atoms with Crippen molar-refractivity contribution in [3.63, 3.8) is 0 Å². The van der Waals surface area contributed by atoms with Gasteiger partial charge in [0.05, 0.1) is 13.2 Å². The molecule has 0 aliphatic rings. The maximum absolute atomic E-state index is 12.5. The van der Waals surface area contributed by atoms with E-state index in [1.807, 2.05) is 63.2 Å². The number of benzene rings is 1. The lowest BCUT2D eigenvalue weighted by molar-refractivity contribution is 0.244. The number of likely N-dealkylation sites (N-methyl/N-ethyl adjacent to an activating group) is 1. The largest absolute Gasteiger partial charge is 0.497 e. The summed E-state index contributed by atoms with van der Waals surface area (Å²) in [5.41, 5.74) is 3.57. The Labute approximate surface area is 149 Å². The van der Waals surface area contributed by atoms with Crippen molar-refractivity contribution in [2.75, 3.05) is 33.1 Å². The minimum atomic E-state index is -0.239. The Bertz CT molecular complexity index is 714. The van der Waals surface area contributed by atoms with Crippen LogP contribution in [0.4, 0.5) is 10.5 Å². The molecule has 1 aromatic heterocycles. The second kappa shape index (κ2) is 8.48. The Morgan fingerprint density at radius 2 is 1.92 bits per heavy atom. The lowest BCUT2D eigenvalue weighted by atomic mass is 10.1. The van der Waals surface area contributed by atoms with E-state index in [0.29, 0.717) is 6.54 Å². The molecule has 0 unspecified atom stereocenters. The van der Waals surface area contributed by atoms with E-state index in [1.54, 1.807) is 13.3 Å². The van der Waals surface area contributed by atoms with Gasteiger partial charge in [0.15, 0.2) is 0 Å². The van der Waals surface area contributed by atoms with Crippen LogP contribution in [0.1, 0.15) is 22.9 Å². The first kappa shape index (κ1) is 18.7. The summed E-state index contributed by atoms with van der Waals surface area (Å²) >= 11 is 0. The number of rotatable bonds is 6. The van der Waals surface area contributed by atoms with Crippen molar-refractivity contribution in [3.05, 3.63) is 53.3 Å². The monoisotopic (exact) mass is 342 g/mol. The molecule has 6 nitrogen and oxygen atoms in total. The standard InChI is InChI=1S/C19H26N4O2/c1-13-11-20-14(2)10-17(13)21-19(24)22-18(12-23(3)4)15-6-8-16(25-5)9-7-15/h6-11,18H,12H2,1-5H3,(H2,20,21,22,24)/t18-/m0/s1. The summed E-state index contributed by atoms with van der Waals surface area (Å²) in [6.07, 6.45) is 1.76. The maximum atomic E-state index is 12.5. The molecule has 0 radical (unpaired) electrons. The normalized spacial score (nSPS) is 11.9. The number of anilines is 1. The van der Waals surface area contributed by atoms with E-state index in [1.165, 1.54) is 0 Å². The van der Waals surface area contributed by atoms with E-state index in [4.69, 9.17) is 4.74 Å². The van der Waals surface area contributed by atoms with Gasteiger partial charge in [-0.1, -0.05) is 12.1 Å². The topological polar surface area (TPSA) is 66.5 Å². The molecule has 2 aromatic rings. The van der Waals surface area contributed by atoms with Crippen LogP contribution in [0.5, 0.6) is 5.75 Å². The zero-order valence-corrected chi connectivity index (χ0v) is 15.5. The number of hydrogen-bond acceptors (Lipinski definition) is 4. The van der Waals surface area contributed by atoms with Gasteiger partial charge in [0.2, 0.25) is 0 Å². The van der Waals surface area contributed by atoms with Gasteiger partial charge < -0.3 is 20.3 Å². The van der Waals surface area contributed by atoms with Crippen LogP contribution in [0, 0.1) is 13.8 Å². The first-order valence-corrected chi connectivity index (χ1v) is 8.18. The van der Waals surface area contributed by atoms with Crippen LogP contribution in [-0.2, 0) is 0 Å². The van der Waals surface area contributed by atoms with Crippen LogP contribution in [0.15, 0.2) is 36.5 Å². The van der Waals surface area contributed by atoms with Crippen LogP contribution < -0.4 is 15.4 Å². The lowest BCUT2D eigenvalue weighted by Crippen LogP contribution is -2.37. The van der Waals surface area contributed by atoms with Gasteiger partial charge in [-0.2, -0.15) is 0 Å². The van der Waals surface area contributed by atoms with Crippen LogP contribution in [0.3, 0.4) is 0 Å². The predicted molar refractivity (Wildman–Crippen MR) is 100 cm³/mol. The summed E-state index contributed by atoms with van der Waals surface area (Å²) < 4.78 is 5.20. The number of carbonyl (C=O) groups excluding carboxylic acids is 1. The van der Waals surface area contributed by atoms with E-state index in [-0.39, 0.29) is 12.1 Å². The summed E-state index contributed by atoms with van der Waals surface area (Å²) in [6.45, 7) is 4.51. The molecule has 0 spiro atoms. The maximum Gasteiger partial charge on any atom is 0.319 e. The molecule has 25 heavy (non-hydrogen) atoms. The molecule has 2 N–H and O–H groups in total. The molecular formula is C19H26N4O2. The van der Waals surface area contributed by atoms with Crippen molar-refractivity contribution in [2.45, 2.75) is 19.9 Å². The number of aromatic nitrogens is 1. The van der Waals surface area contributed by atoms with E-state index >= 15 is 0 Å². The summed E-state index contributed by atoms with van der Waals surface area (Å²) in [6, 6.07) is 9.22. The summed E-state index contributed by atoms with van der Waals surface area (Å²) in [5.74, 6) is 0.791. The van der Waals surface area contributed by atoms with Gasteiger partial charge in [0.25, 0.3) is 0 Å². The number of urea groups is 1. The summed E-state index contributed by atoms with van der Waals surface area (Å²) in [4.78, 5) is 18.7. The molecule has 2 rings (SSSR count). The highest BCUT2D eigenvalue weighted by atomic mass is 16.5. The van der Waals surface area contributed by atoms with Gasteiger partial charge in [-0.15, -0.1) is 0 Å². The zero-order valence-electron chi connectivity index (χ0n) is 15.5. The average Bonchev–Trinajstić information content (AvgIpc) is 2.57. The third-order valence-electron chi connectivity index (χ3n) is 3.86. The molecule has 0 saturated heterocycles. The third kappa shape index (κ3) is 5.46. The molecule has 0 fully saturated rings. The second-order valence-corrected chi connectivity index (χ2v) is 6.33. The van der Waals surface area contributed by atoms with E-state index < -0.39 is 0 Å². The minimum absolute atomic E-state index is 0.135. The van der Waals surface area contributed by atoms with E-state index in [0.717, 1.165) is 28.3 Å². The number of nitrogens with zero attached hydrogens (tertiary/aromatic N) is 2. The first-order chi connectivity index (χ1) is 11.9. The summed E-state index contributed by atoms with van der Waals surface area (Å²) in [7, 11) is 5.59. The van der Waals surface area contributed by atoms with Gasteiger partial charge in [-0.05, 0) is 57.3 Å². The Kier molecular flexibility index (Phi) is 6.36. The van der Waals surface area contributed by atoms with Gasteiger partial charge in [0, 0.05) is 24.1 Å². The SMILES string of the molecule is COc1ccc([C@H](CN(C)C)NC(=O)Nc2cc(C)ncc2C)cc1. The number of methoxy groups -OCH3 is 1. The van der Waals surface area contributed by atoms with Gasteiger partial charge in [-0.3, -0.25) is 4.98 Å². The number of hydrogen-bond donors (Lipinski definition) is 2. The van der Waals surface area contributed by atoms with Crippen LogP contribution in [0.2, 0.25) is 0 Å². The number of aryl methyl sites for hydroxylation is 2. The average molecular weight is 342 g/mol. The van der Waals surface area contributed by atoms with Gasteiger partial charge in [0.1, 0.15) is 5.75 Å². The molecule has 1 aromatic carbocycles. The quantitative estimate of drug-likeness (QED) is 0.846. The number of pyridine rings is 1.